The van der Waals surface area contributed by atoms with E-state index in [1.54, 1.807) is 6.92 Å². The monoisotopic (exact) mass is 200 g/mol. The zero-order valence-electron chi connectivity index (χ0n) is 9.60. The number of hydrogen-bond acceptors (Lipinski definition) is 2. The number of carbonyl (C=O) groups is 2. The lowest BCUT2D eigenvalue weighted by molar-refractivity contribution is -0.125. The van der Waals surface area contributed by atoms with Gasteiger partial charge in [-0.3, -0.25) is 4.79 Å². The van der Waals surface area contributed by atoms with Crippen molar-refractivity contribution in [3.63, 3.8) is 0 Å². The van der Waals surface area contributed by atoms with E-state index in [1.165, 1.54) is 0 Å². The third-order valence-corrected chi connectivity index (χ3v) is 2.30. The number of nitrogens with one attached hydrogen (secondary N) is 1. The van der Waals surface area contributed by atoms with E-state index in [2.05, 4.69) is 5.32 Å². The van der Waals surface area contributed by atoms with Gasteiger partial charge in [0.25, 0.3) is 0 Å². The van der Waals surface area contributed by atoms with Crippen LogP contribution < -0.4 is 11.1 Å². The molecule has 0 saturated heterocycles. The highest BCUT2D eigenvalue weighted by molar-refractivity contribution is 5.81. The number of primary amides is 1. The fourth-order valence-corrected chi connectivity index (χ4v) is 1.61. The Labute approximate surface area is 85.2 Å². The van der Waals surface area contributed by atoms with Crippen LogP contribution in [0.5, 0.6) is 0 Å². The summed E-state index contributed by atoms with van der Waals surface area (Å²) < 4.78 is 0. The van der Waals surface area contributed by atoms with Crippen molar-refractivity contribution in [2.45, 2.75) is 46.6 Å². The number of amides is 2. The summed E-state index contributed by atoms with van der Waals surface area (Å²) in [6.07, 6.45) is 0.568. The Hall–Kier alpha value is -1.06. The van der Waals surface area contributed by atoms with Crippen LogP contribution in [0.4, 0.5) is 4.79 Å². The molecule has 82 valence electrons. The first kappa shape index (κ1) is 12.9. The van der Waals surface area contributed by atoms with Crippen molar-refractivity contribution in [2.75, 3.05) is 0 Å². The summed E-state index contributed by atoms with van der Waals surface area (Å²) in [5.41, 5.74) is 4.14. The zero-order valence-corrected chi connectivity index (χ0v) is 9.60. The molecule has 4 nitrogen and oxygen atoms in total. The number of Topliss-reactive ketones (excluding diaryl/α,β-unsaturated/α-hetero) is 1. The first-order valence-corrected chi connectivity index (χ1v) is 4.65. The molecule has 4 heteroatoms. The fourth-order valence-electron chi connectivity index (χ4n) is 1.61. The molecule has 0 unspecified atom stereocenters. The molecule has 0 spiro atoms. The predicted molar refractivity (Wildman–Crippen MR) is 55.9 cm³/mol. The third kappa shape index (κ3) is 4.25. The summed E-state index contributed by atoms with van der Waals surface area (Å²) >= 11 is 0. The Kier molecular flexibility index (Phi) is 3.68. The Morgan fingerprint density at radius 3 is 1.93 bits per heavy atom. The Bertz CT molecular complexity index is 245. The van der Waals surface area contributed by atoms with E-state index in [0.29, 0.717) is 6.42 Å². The molecule has 0 saturated carbocycles. The number of rotatable bonds is 4. The predicted octanol–water partition coefficient (Wildman–Crippen LogP) is 1.44. The molecule has 0 aliphatic carbocycles. The van der Waals surface area contributed by atoms with Crippen LogP contribution >= 0.6 is 0 Å². The third-order valence-electron chi connectivity index (χ3n) is 2.30. The molecule has 0 bridgehead atoms. The van der Waals surface area contributed by atoms with E-state index in [0.717, 1.165) is 0 Å². The van der Waals surface area contributed by atoms with Crippen LogP contribution in [0.2, 0.25) is 0 Å². The SMILES string of the molecule is CC(=O)C(C)(C)CC(C)(C)NC(N)=O. The van der Waals surface area contributed by atoms with Crippen LogP contribution in [0.15, 0.2) is 0 Å². The molecule has 0 fully saturated rings. The molecule has 0 heterocycles. The van der Waals surface area contributed by atoms with E-state index >= 15 is 0 Å². The summed E-state index contributed by atoms with van der Waals surface area (Å²) in [6.45, 7) is 8.98. The number of hydrogen-bond donors (Lipinski definition) is 2. The summed E-state index contributed by atoms with van der Waals surface area (Å²) in [6, 6.07) is -0.561. The molecule has 0 radical (unpaired) electrons. The van der Waals surface area contributed by atoms with Crippen molar-refractivity contribution >= 4 is 11.8 Å². The normalized spacial score (nSPS) is 12.4. The maximum atomic E-state index is 11.3. The molecular weight excluding hydrogens is 180 g/mol. The molecular formula is C10H20N2O2. The minimum absolute atomic E-state index is 0.108. The minimum Gasteiger partial charge on any atom is -0.352 e. The molecule has 3 N–H and O–H groups in total. The first-order chi connectivity index (χ1) is 6.07. The van der Waals surface area contributed by atoms with Crippen molar-refractivity contribution < 1.29 is 9.59 Å². The van der Waals surface area contributed by atoms with E-state index in [-0.39, 0.29) is 5.78 Å². The number of carbonyl (C=O) groups excluding carboxylic acids is 2. The number of urea groups is 1. The van der Waals surface area contributed by atoms with Crippen molar-refractivity contribution in [1.29, 1.82) is 0 Å². The highest BCUT2D eigenvalue weighted by atomic mass is 16.2. The molecule has 0 aromatic rings. The van der Waals surface area contributed by atoms with Crippen LogP contribution in [-0.4, -0.2) is 17.4 Å². The lowest BCUT2D eigenvalue weighted by Gasteiger charge is -2.33. The lowest BCUT2D eigenvalue weighted by Crippen LogP contribution is -2.49. The van der Waals surface area contributed by atoms with Crippen LogP contribution in [0.3, 0.4) is 0 Å². The average Bonchev–Trinajstić information content (AvgIpc) is 1.79. The molecule has 14 heavy (non-hydrogen) atoms. The highest BCUT2D eigenvalue weighted by Crippen LogP contribution is 2.28. The second kappa shape index (κ2) is 3.98. The Morgan fingerprint density at radius 1 is 1.21 bits per heavy atom. The number of nitrogens with two attached hydrogens (primary N) is 1. The molecule has 0 aliphatic heterocycles. The quantitative estimate of drug-likeness (QED) is 0.720. The van der Waals surface area contributed by atoms with Crippen LogP contribution in [-0.2, 0) is 4.79 Å². The van der Waals surface area contributed by atoms with Gasteiger partial charge < -0.3 is 11.1 Å². The lowest BCUT2D eigenvalue weighted by atomic mass is 9.77. The van der Waals surface area contributed by atoms with Gasteiger partial charge in [-0.25, -0.2) is 4.79 Å². The van der Waals surface area contributed by atoms with Gasteiger partial charge in [-0.15, -0.1) is 0 Å². The Morgan fingerprint density at radius 2 is 1.64 bits per heavy atom. The van der Waals surface area contributed by atoms with Gasteiger partial charge in [-0.2, -0.15) is 0 Å². The molecule has 0 aromatic heterocycles. The van der Waals surface area contributed by atoms with Crippen molar-refractivity contribution in [3.8, 4) is 0 Å². The zero-order chi connectivity index (χ0) is 11.6. The van der Waals surface area contributed by atoms with Gasteiger partial charge in [0.1, 0.15) is 5.78 Å². The first-order valence-electron chi connectivity index (χ1n) is 4.65. The fraction of sp³-hybridized carbons (Fsp3) is 0.800. The molecule has 0 aromatic carbocycles. The van der Waals surface area contributed by atoms with Gasteiger partial charge in [-0.05, 0) is 27.2 Å². The van der Waals surface area contributed by atoms with Crippen molar-refractivity contribution in [2.24, 2.45) is 11.1 Å². The average molecular weight is 200 g/mol. The minimum atomic E-state index is -0.561. The molecule has 2 amide bonds. The molecule has 0 rings (SSSR count). The smallest absolute Gasteiger partial charge is 0.312 e. The van der Waals surface area contributed by atoms with Gasteiger partial charge in [0.05, 0.1) is 0 Å². The van der Waals surface area contributed by atoms with E-state index in [9.17, 15) is 9.59 Å². The summed E-state index contributed by atoms with van der Waals surface area (Å²) in [5.74, 6) is 0.108. The second-order valence-corrected chi connectivity index (χ2v) is 4.99. The van der Waals surface area contributed by atoms with E-state index in [4.69, 9.17) is 5.73 Å². The Balaban J connectivity index is 4.49. The summed E-state index contributed by atoms with van der Waals surface area (Å²) in [5, 5.41) is 2.62. The van der Waals surface area contributed by atoms with Crippen molar-refractivity contribution in [3.05, 3.63) is 0 Å². The van der Waals surface area contributed by atoms with Crippen molar-refractivity contribution in [1.82, 2.24) is 5.32 Å². The van der Waals surface area contributed by atoms with Crippen LogP contribution in [0.25, 0.3) is 0 Å². The van der Waals surface area contributed by atoms with Crippen LogP contribution in [0, 0.1) is 5.41 Å². The maximum absolute atomic E-state index is 11.3. The van der Waals surface area contributed by atoms with Gasteiger partial charge in [0.2, 0.25) is 0 Å². The van der Waals surface area contributed by atoms with E-state index in [1.807, 2.05) is 27.7 Å². The van der Waals surface area contributed by atoms with Gasteiger partial charge in [-0.1, -0.05) is 13.8 Å². The second-order valence-electron chi connectivity index (χ2n) is 4.99. The van der Waals surface area contributed by atoms with Gasteiger partial charge in [0.15, 0.2) is 0 Å². The summed E-state index contributed by atoms with van der Waals surface area (Å²) in [4.78, 5) is 22.0. The standard InChI is InChI=1S/C10H20N2O2/c1-7(13)9(2,3)6-10(4,5)12-8(11)14/h6H2,1-5H3,(H3,11,12,14). The maximum Gasteiger partial charge on any atom is 0.312 e. The van der Waals surface area contributed by atoms with Crippen LogP contribution in [0.1, 0.15) is 41.0 Å². The molecule has 0 atom stereocenters. The largest absolute Gasteiger partial charge is 0.352 e. The molecule has 0 aliphatic rings. The summed E-state index contributed by atoms with van der Waals surface area (Å²) in [7, 11) is 0. The topological polar surface area (TPSA) is 72.2 Å². The van der Waals surface area contributed by atoms with Gasteiger partial charge in [0, 0.05) is 11.0 Å². The highest BCUT2D eigenvalue weighted by Gasteiger charge is 2.32. The van der Waals surface area contributed by atoms with E-state index < -0.39 is 17.0 Å². The number of ketones is 1. The van der Waals surface area contributed by atoms with Gasteiger partial charge >= 0.3 is 6.03 Å².